The van der Waals surface area contributed by atoms with Gasteiger partial charge in [-0.3, -0.25) is 4.79 Å². The third kappa shape index (κ3) is 2.27. The standard InChI is InChI=1S/C15H10N2O4/c1-20-15(19)10-7-11-12(16-8-10)14(21-17-11)13(18)9-5-3-2-4-6-9/h2-8H,1H3. The van der Waals surface area contributed by atoms with Crippen molar-refractivity contribution in [1.29, 1.82) is 0 Å². The Balaban J connectivity index is 2.05. The molecule has 2 heterocycles. The van der Waals surface area contributed by atoms with Gasteiger partial charge in [-0.1, -0.05) is 35.5 Å². The predicted molar refractivity (Wildman–Crippen MR) is 73.0 cm³/mol. The Morgan fingerprint density at radius 1 is 1.14 bits per heavy atom. The van der Waals surface area contributed by atoms with E-state index in [1.807, 2.05) is 6.07 Å². The van der Waals surface area contributed by atoms with E-state index in [0.29, 0.717) is 16.6 Å². The summed E-state index contributed by atoms with van der Waals surface area (Å²) < 4.78 is 9.69. The lowest BCUT2D eigenvalue weighted by Gasteiger charge is -1.98. The highest BCUT2D eigenvalue weighted by Crippen LogP contribution is 2.20. The van der Waals surface area contributed by atoms with Gasteiger partial charge < -0.3 is 9.26 Å². The number of fused-ring (bicyclic) bond motifs is 1. The van der Waals surface area contributed by atoms with Gasteiger partial charge in [-0.2, -0.15) is 0 Å². The van der Waals surface area contributed by atoms with Crippen molar-refractivity contribution in [2.45, 2.75) is 0 Å². The molecule has 0 N–H and O–H groups in total. The molecule has 2 aromatic heterocycles. The Labute approximate surface area is 119 Å². The second-order valence-corrected chi connectivity index (χ2v) is 4.29. The summed E-state index contributed by atoms with van der Waals surface area (Å²) in [6, 6.07) is 10.2. The minimum atomic E-state index is -0.525. The van der Waals surface area contributed by atoms with Crippen LogP contribution in [0.25, 0.3) is 11.0 Å². The first kappa shape index (κ1) is 13.0. The average molecular weight is 282 g/mol. The number of rotatable bonds is 3. The molecule has 0 aliphatic rings. The molecule has 0 saturated carbocycles. The second-order valence-electron chi connectivity index (χ2n) is 4.29. The van der Waals surface area contributed by atoms with Crippen LogP contribution in [0.1, 0.15) is 26.5 Å². The number of pyridine rings is 1. The van der Waals surface area contributed by atoms with Gasteiger partial charge in [-0.15, -0.1) is 0 Å². The molecule has 21 heavy (non-hydrogen) atoms. The minimum absolute atomic E-state index is 0.0487. The largest absolute Gasteiger partial charge is 0.465 e. The van der Waals surface area contributed by atoms with Crippen LogP contribution in [0.5, 0.6) is 0 Å². The molecule has 3 rings (SSSR count). The maximum Gasteiger partial charge on any atom is 0.339 e. The zero-order valence-electron chi connectivity index (χ0n) is 11.1. The first-order valence-electron chi connectivity index (χ1n) is 6.14. The molecular weight excluding hydrogens is 272 g/mol. The number of ketones is 1. The van der Waals surface area contributed by atoms with Gasteiger partial charge in [0.25, 0.3) is 0 Å². The van der Waals surface area contributed by atoms with Crippen LogP contribution in [0.2, 0.25) is 0 Å². The zero-order valence-corrected chi connectivity index (χ0v) is 11.1. The number of aromatic nitrogens is 2. The Morgan fingerprint density at radius 2 is 1.90 bits per heavy atom. The van der Waals surface area contributed by atoms with E-state index in [-0.39, 0.29) is 17.1 Å². The SMILES string of the molecule is COC(=O)c1cnc2c(C(=O)c3ccccc3)onc2c1. The van der Waals surface area contributed by atoms with E-state index >= 15 is 0 Å². The van der Waals surface area contributed by atoms with E-state index in [0.717, 1.165) is 0 Å². The fourth-order valence-electron chi connectivity index (χ4n) is 1.93. The average Bonchev–Trinajstić information content (AvgIpc) is 2.97. The van der Waals surface area contributed by atoms with Crippen LogP contribution in [-0.4, -0.2) is 29.0 Å². The third-order valence-corrected chi connectivity index (χ3v) is 2.98. The summed E-state index contributed by atoms with van der Waals surface area (Å²) in [5.41, 5.74) is 1.38. The summed E-state index contributed by atoms with van der Waals surface area (Å²) >= 11 is 0. The van der Waals surface area contributed by atoms with Crippen molar-refractivity contribution in [3.63, 3.8) is 0 Å². The van der Waals surface area contributed by atoms with Crippen molar-refractivity contribution in [2.75, 3.05) is 7.11 Å². The highest BCUT2D eigenvalue weighted by molar-refractivity contribution is 6.13. The van der Waals surface area contributed by atoms with E-state index in [2.05, 4.69) is 14.9 Å². The van der Waals surface area contributed by atoms with Crippen LogP contribution in [-0.2, 0) is 4.74 Å². The lowest BCUT2D eigenvalue weighted by Crippen LogP contribution is -2.03. The molecular formula is C15H10N2O4. The van der Waals surface area contributed by atoms with E-state index in [1.54, 1.807) is 24.3 Å². The number of ether oxygens (including phenoxy) is 1. The van der Waals surface area contributed by atoms with Crippen LogP contribution in [0.4, 0.5) is 0 Å². The van der Waals surface area contributed by atoms with Crippen molar-refractivity contribution in [1.82, 2.24) is 10.1 Å². The smallest absolute Gasteiger partial charge is 0.339 e. The maximum absolute atomic E-state index is 12.3. The van der Waals surface area contributed by atoms with Gasteiger partial charge in [0.2, 0.25) is 11.5 Å². The fraction of sp³-hybridized carbons (Fsp3) is 0.0667. The molecule has 0 atom stereocenters. The zero-order chi connectivity index (χ0) is 14.8. The Bertz CT molecular complexity index is 824. The van der Waals surface area contributed by atoms with Gasteiger partial charge >= 0.3 is 5.97 Å². The van der Waals surface area contributed by atoms with Gasteiger partial charge in [0.05, 0.1) is 12.7 Å². The van der Waals surface area contributed by atoms with Crippen molar-refractivity contribution in [2.24, 2.45) is 0 Å². The van der Waals surface area contributed by atoms with Gasteiger partial charge in [0, 0.05) is 11.8 Å². The first-order valence-corrected chi connectivity index (χ1v) is 6.14. The molecule has 0 radical (unpaired) electrons. The molecule has 0 spiro atoms. The number of carbonyl (C=O) groups is 2. The van der Waals surface area contributed by atoms with Crippen LogP contribution in [0.15, 0.2) is 47.1 Å². The number of hydrogen-bond donors (Lipinski definition) is 0. The summed E-state index contributed by atoms with van der Waals surface area (Å²) in [6.45, 7) is 0. The van der Waals surface area contributed by atoms with Gasteiger partial charge in [-0.25, -0.2) is 9.78 Å². The van der Waals surface area contributed by atoms with E-state index < -0.39 is 5.97 Å². The molecule has 0 amide bonds. The number of benzene rings is 1. The summed E-state index contributed by atoms with van der Waals surface area (Å²) in [5.74, 6) is -0.785. The molecule has 3 aromatic rings. The van der Waals surface area contributed by atoms with Crippen molar-refractivity contribution < 1.29 is 18.8 Å². The first-order chi connectivity index (χ1) is 10.2. The molecule has 0 unspecified atom stereocenters. The maximum atomic E-state index is 12.3. The third-order valence-electron chi connectivity index (χ3n) is 2.98. The molecule has 1 aromatic carbocycles. The highest BCUT2D eigenvalue weighted by Gasteiger charge is 2.20. The second kappa shape index (κ2) is 5.16. The van der Waals surface area contributed by atoms with Gasteiger partial charge in [0.1, 0.15) is 11.0 Å². The highest BCUT2D eigenvalue weighted by atomic mass is 16.5. The normalized spacial score (nSPS) is 10.5. The molecule has 6 nitrogen and oxygen atoms in total. The number of hydrogen-bond acceptors (Lipinski definition) is 6. The minimum Gasteiger partial charge on any atom is -0.465 e. The van der Waals surface area contributed by atoms with E-state index in [1.165, 1.54) is 19.4 Å². The quantitative estimate of drug-likeness (QED) is 0.541. The van der Waals surface area contributed by atoms with Crippen LogP contribution >= 0.6 is 0 Å². The number of methoxy groups -OCH3 is 1. The van der Waals surface area contributed by atoms with Crippen molar-refractivity contribution in [3.05, 3.63) is 59.5 Å². The summed E-state index contributed by atoms with van der Waals surface area (Å²) in [6.07, 6.45) is 1.33. The summed E-state index contributed by atoms with van der Waals surface area (Å²) in [5, 5.41) is 3.78. The predicted octanol–water partition coefficient (Wildman–Crippen LogP) is 2.24. The molecule has 0 aliphatic heterocycles. The topological polar surface area (TPSA) is 82.3 Å². The Morgan fingerprint density at radius 3 is 2.62 bits per heavy atom. The van der Waals surface area contributed by atoms with Crippen LogP contribution in [0.3, 0.4) is 0 Å². The molecule has 0 saturated heterocycles. The van der Waals surface area contributed by atoms with Crippen LogP contribution < -0.4 is 0 Å². The molecule has 0 bridgehead atoms. The number of esters is 1. The summed E-state index contributed by atoms with van der Waals surface area (Å²) in [7, 11) is 1.28. The molecule has 0 aliphatic carbocycles. The Kier molecular flexibility index (Phi) is 3.19. The summed E-state index contributed by atoms with van der Waals surface area (Å²) in [4.78, 5) is 27.8. The van der Waals surface area contributed by atoms with Gasteiger partial charge in [0.15, 0.2) is 0 Å². The van der Waals surface area contributed by atoms with E-state index in [4.69, 9.17) is 4.52 Å². The fourth-order valence-corrected chi connectivity index (χ4v) is 1.93. The molecule has 0 fully saturated rings. The number of nitrogens with zero attached hydrogens (tertiary/aromatic N) is 2. The van der Waals surface area contributed by atoms with Gasteiger partial charge in [-0.05, 0) is 6.07 Å². The molecule has 6 heteroatoms. The molecule has 104 valence electrons. The van der Waals surface area contributed by atoms with E-state index in [9.17, 15) is 9.59 Å². The Hall–Kier alpha value is -3.02. The van der Waals surface area contributed by atoms with Crippen molar-refractivity contribution >= 4 is 22.8 Å². The lowest BCUT2D eigenvalue weighted by atomic mass is 10.1. The van der Waals surface area contributed by atoms with Crippen molar-refractivity contribution in [3.8, 4) is 0 Å². The lowest BCUT2D eigenvalue weighted by molar-refractivity contribution is 0.0600. The number of carbonyl (C=O) groups excluding carboxylic acids is 2. The van der Waals surface area contributed by atoms with Crippen LogP contribution in [0, 0.1) is 0 Å². The monoisotopic (exact) mass is 282 g/mol.